The molecule has 0 aliphatic carbocycles. The van der Waals surface area contributed by atoms with Crippen LogP contribution in [-0.4, -0.2) is 37.8 Å². The molecule has 9 heteroatoms. The van der Waals surface area contributed by atoms with Gasteiger partial charge in [0.05, 0.1) is 17.3 Å². The van der Waals surface area contributed by atoms with Gasteiger partial charge in [-0.3, -0.25) is 4.99 Å². The zero-order chi connectivity index (χ0) is 20.5. The van der Waals surface area contributed by atoms with Crippen molar-refractivity contribution >= 4 is 17.3 Å². The molecule has 0 aliphatic rings. The lowest BCUT2D eigenvalue weighted by atomic mass is 10.2. The van der Waals surface area contributed by atoms with Gasteiger partial charge in [0.15, 0.2) is 17.5 Å². The van der Waals surface area contributed by atoms with Crippen LogP contribution in [0.4, 0.5) is 8.78 Å². The number of rotatable bonds is 9. The van der Waals surface area contributed by atoms with Crippen LogP contribution in [-0.2, 0) is 13.0 Å². The van der Waals surface area contributed by atoms with Crippen LogP contribution in [0.3, 0.4) is 0 Å². The highest BCUT2D eigenvalue weighted by Gasteiger charge is 2.12. The lowest BCUT2D eigenvalue weighted by Crippen LogP contribution is -2.37. The molecule has 2 aromatic rings. The summed E-state index contributed by atoms with van der Waals surface area (Å²) in [7, 11) is 1.69. The number of alkyl halides is 2. The zero-order valence-electron chi connectivity index (χ0n) is 16.5. The molecule has 6 nitrogen and oxygen atoms in total. The highest BCUT2D eigenvalue weighted by molar-refractivity contribution is 7.11. The third-order valence-corrected chi connectivity index (χ3v) is 5.04. The fraction of sp³-hybridized carbons (Fsp3) is 0.474. The predicted molar refractivity (Wildman–Crippen MR) is 108 cm³/mol. The summed E-state index contributed by atoms with van der Waals surface area (Å²) >= 11 is 1.70. The fourth-order valence-electron chi connectivity index (χ4n) is 2.46. The summed E-state index contributed by atoms with van der Waals surface area (Å²) < 4.78 is 34.9. The molecule has 1 heterocycles. The van der Waals surface area contributed by atoms with Gasteiger partial charge in [0.2, 0.25) is 0 Å². The van der Waals surface area contributed by atoms with E-state index in [2.05, 4.69) is 32.3 Å². The molecular formula is C19H26F2N4O2S. The Balaban J connectivity index is 1.88. The average molecular weight is 413 g/mol. The van der Waals surface area contributed by atoms with Crippen LogP contribution in [0.5, 0.6) is 11.5 Å². The number of nitrogens with zero attached hydrogens (tertiary/aromatic N) is 2. The van der Waals surface area contributed by atoms with Crippen LogP contribution in [0.1, 0.15) is 28.1 Å². The van der Waals surface area contributed by atoms with E-state index in [1.54, 1.807) is 37.4 Å². The van der Waals surface area contributed by atoms with Crippen molar-refractivity contribution in [3.8, 4) is 11.5 Å². The smallest absolute Gasteiger partial charge is 0.387 e. The fourth-order valence-corrected chi connectivity index (χ4v) is 3.40. The van der Waals surface area contributed by atoms with E-state index >= 15 is 0 Å². The van der Waals surface area contributed by atoms with Gasteiger partial charge in [-0.05, 0) is 38.5 Å². The molecule has 0 spiro atoms. The maximum Gasteiger partial charge on any atom is 0.387 e. The molecule has 0 radical (unpaired) electrons. The number of guanidine groups is 1. The second-order valence-electron chi connectivity index (χ2n) is 5.94. The van der Waals surface area contributed by atoms with Gasteiger partial charge in [-0.1, -0.05) is 6.07 Å². The minimum absolute atomic E-state index is 0.0251. The first-order chi connectivity index (χ1) is 13.4. The van der Waals surface area contributed by atoms with E-state index in [0.29, 0.717) is 31.4 Å². The number of hydrogen-bond donors (Lipinski definition) is 2. The van der Waals surface area contributed by atoms with Crippen molar-refractivity contribution in [2.75, 3.05) is 20.2 Å². The van der Waals surface area contributed by atoms with Gasteiger partial charge >= 0.3 is 6.61 Å². The maximum atomic E-state index is 12.5. The second-order valence-corrected chi connectivity index (χ2v) is 7.23. The van der Waals surface area contributed by atoms with Gasteiger partial charge in [-0.25, -0.2) is 4.98 Å². The van der Waals surface area contributed by atoms with Gasteiger partial charge in [0, 0.05) is 31.4 Å². The average Bonchev–Trinajstić information content (AvgIpc) is 2.97. The summed E-state index contributed by atoms with van der Waals surface area (Å²) in [6.07, 6.45) is 0.814. The number of halogens is 2. The van der Waals surface area contributed by atoms with E-state index in [4.69, 9.17) is 4.74 Å². The summed E-state index contributed by atoms with van der Waals surface area (Å²) in [6.45, 7) is 4.50. The summed E-state index contributed by atoms with van der Waals surface area (Å²) in [5, 5.41) is 7.53. The molecule has 0 saturated heterocycles. The minimum atomic E-state index is -2.89. The topological polar surface area (TPSA) is 67.8 Å². The van der Waals surface area contributed by atoms with E-state index in [9.17, 15) is 8.78 Å². The van der Waals surface area contributed by atoms with E-state index in [1.807, 2.05) is 6.92 Å². The van der Waals surface area contributed by atoms with E-state index in [-0.39, 0.29) is 5.75 Å². The largest absolute Gasteiger partial charge is 0.490 e. The van der Waals surface area contributed by atoms with Gasteiger partial charge in [0.25, 0.3) is 0 Å². The van der Waals surface area contributed by atoms with Crippen molar-refractivity contribution in [2.45, 2.75) is 40.3 Å². The summed E-state index contributed by atoms with van der Waals surface area (Å²) in [5.41, 5.74) is 1.94. The molecule has 0 amide bonds. The van der Waals surface area contributed by atoms with Crippen LogP contribution in [0.15, 0.2) is 23.2 Å². The highest BCUT2D eigenvalue weighted by Crippen LogP contribution is 2.29. The number of aromatic nitrogens is 1. The Morgan fingerprint density at radius 1 is 1.25 bits per heavy atom. The Kier molecular flexibility index (Phi) is 8.43. The van der Waals surface area contributed by atoms with Crippen molar-refractivity contribution < 1.29 is 18.3 Å². The molecular weight excluding hydrogens is 386 g/mol. The Hall–Kier alpha value is -2.42. The van der Waals surface area contributed by atoms with E-state index < -0.39 is 6.61 Å². The Bertz CT molecular complexity index is 777. The van der Waals surface area contributed by atoms with Crippen molar-refractivity contribution in [2.24, 2.45) is 4.99 Å². The van der Waals surface area contributed by atoms with Crippen molar-refractivity contribution in [3.05, 3.63) is 39.3 Å². The predicted octanol–water partition coefficient (Wildman–Crippen LogP) is 3.67. The standard InChI is InChI=1S/C19H26F2N4O2S/c1-5-26-16-10-14(6-7-15(16)27-18(20)21)11-24-19(22-4)23-9-8-17-25-12(2)13(3)28-17/h6-7,10,18H,5,8-9,11H2,1-4H3,(H2,22,23,24). The van der Waals surface area contributed by atoms with Crippen LogP contribution in [0, 0.1) is 13.8 Å². The summed E-state index contributed by atoms with van der Waals surface area (Å²) in [6, 6.07) is 4.88. The Morgan fingerprint density at radius 2 is 2.04 bits per heavy atom. The van der Waals surface area contributed by atoms with Crippen LogP contribution in [0.25, 0.3) is 0 Å². The number of nitrogens with one attached hydrogen (secondary N) is 2. The first-order valence-corrected chi connectivity index (χ1v) is 9.82. The lowest BCUT2D eigenvalue weighted by molar-refractivity contribution is -0.0514. The van der Waals surface area contributed by atoms with Crippen LogP contribution in [0.2, 0.25) is 0 Å². The van der Waals surface area contributed by atoms with Crippen molar-refractivity contribution in [1.29, 1.82) is 0 Å². The van der Waals surface area contributed by atoms with Crippen LogP contribution < -0.4 is 20.1 Å². The molecule has 0 unspecified atom stereocenters. The molecule has 28 heavy (non-hydrogen) atoms. The number of thiazole rings is 1. The quantitative estimate of drug-likeness (QED) is 0.486. The van der Waals surface area contributed by atoms with Gasteiger partial charge in [-0.2, -0.15) is 8.78 Å². The third kappa shape index (κ3) is 6.63. The van der Waals surface area contributed by atoms with Crippen molar-refractivity contribution in [3.63, 3.8) is 0 Å². The molecule has 0 saturated carbocycles. The minimum Gasteiger partial charge on any atom is -0.490 e. The molecule has 2 rings (SSSR count). The number of hydrogen-bond acceptors (Lipinski definition) is 5. The number of benzene rings is 1. The molecule has 0 fully saturated rings. The maximum absolute atomic E-state index is 12.5. The number of aliphatic imine (C=N–C) groups is 1. The summed E-state index contributed by atoms with van der Waals surface area (Å²) in [4.78, 5) is 9.95. The molecule has 0 aliphatic heterocycles. The monoisotopic (exact) mass is 412 g/mol. The molecule has 1 aromatic carbocycles. The van der Waals surface area contributed by atoms with Gasteiger partial charge in [0.1, 0.15) is 0 Å². The number of aryl methyl sites for hydroxylation is 2. The molecule has 154 valence electrons. The van der Waals surface area contributed by atoms with Gasteiger partial charge < -0.3 is 20.1 Å². The van der Waals surface area contributed by atoms with Crippen molar-refractivity contribution in [1.82, 2.24) is 15.6 Å². The Morgan fingerprint density at radius 3 is 2.64 bits per heavy atom. The lowest BCUT2D eigenvalue weighted by Gasteiger charge is -2.14. The second kappa shape index (κ2) is 10.8. The molecule has 0 bridgehead atoms. The Labute approximate surface area is 168 Å². The van der Waals surface area contributed by atoms with Gasteiger partial charge in [-0.15, -0.1) is 11.3 Å². The molecule has 0 atom stereocenters. The third-order valence-electron chi connectivity index (χ3n) is 3.91. The normalized spacial score (nSPS) is 11.6. The summed E-state index contributed by atoms with van der Waals surface area (Å²) in [5.74, 6) is 0.965. The van der Waals surface area contributed by atoms with Crippen LogP contribution >= 0.6 is 11.3 Å². The first-order valence-electron chi connectivity index (χ1n) is 9.00. The number of ether oxygens (including phenoxy) is 2. The van der Waals surface area contributed by atoms with E-state index in [1.165, 1.54) is 10.9 Å². The SMILES string of the molecule is CCOc1cc(CNC(=NC)NCCc2nc(C)c(C)s2)ccc1OC(F)F. The van der Waals surface area contributed by atoms with E-state index in [0.717, 1.165) is 22.7 Å². The highest BCUT2D eigenvalue weighted by atomic mass is 32.1. The first kappa shape index (κ1) is 21.9. The molecule has 1 aromatic heterocycles. The molecule has 2 N–H and O–H groups in total. The zero-order valence-corrected chi connectivity index (χ0v) is 17.3.